The number of hydrogen-bond acceptors (Lipinski definition) is 6. The number of rotatable bonds is 45. The van der Waals surface area contributed by atoms with Gasteiger partial charge in [0.05, 0.1) is 0 Å². The van der Waals surface area contributed by atoms with E-state index >= 15 is 0 Å². The van der Waals surface area contributed by atoms with E-state index in [4.69, 9.17) is 14.2 Å². The van der Waals surface area contributed by atoms with Crippen LogP contribution in [-0.2, 0) is 28.6 Å². The van der Waals surface area contributed by atoms with Gasteiger partial charge in [0.15, 0.2) is 6.10 Å². The maximum atomic E-state index is 12.7. The van der Waals surface area contributed by atoms with Gasteiger partial charge in [-0.25, -0.2) is 0 Å². The number of ether oxygens (including phenoxy) is 3. The van der Waals surface area contributed by atoms with Crippen molar-refractivity contribution in [3.05, 3.63) is 85.1 Å². The molecule has 0 N–H and O–H groups in total. The van der Waals surface area contributed by atoms with Gasteiger partial charge in [0, 0.05) is 19.3 Å². The number of unbranched alkanes of at least 4 members (excludes halogenated alkanes) is 21. The quantitative estimate of drug-likeness (QED) is 0.0199. The van der Waals surface area contributed by atoms with Gasteiger partial charge in [-0.3, -0.25) is 14.4 Å². The monoisotopic (exact) mass is 863 g/mol. The third-order valence-corrected chi connectivity index (χ3v) is 10.7. The van der Waals surface area contributed by atoms with Gasteiger partial charge in [-0.2, -0.15) is 0 Å². The van der Waals surface area contributed by atoms with Crippen LogP contribution in [0, 0.1) is 0 Å². The molecule has 6 nitrogen and oxygen atoms in total. The molecule has 0 aromatic carbocycles. The first kappa shape index (κ1) is 58.6. The second-order valence-electron chi connectivity index (χ2n) is 16.7. The molecule has 0 aromatic rings. The van der Waals surface area contributed by atoms with E-state index in [2.05, 4.69) is 93.7 Å². The highest BCUT2D eigenvalue weighted by molar-refractivity contribution is 5.71. The molecule has 0 aliphatic rings. The van der Waals surface area contributed by atoms with E-state index in [1.165, 1.54) is 103 Å². The van der Waals surface area contributed by atoms with E-state index in [1.54, 1.807) is 0 Å². The lowest BCUT2D eigenvalue weighted by molar-refractivity contribution is -0.166. The topological polar surface area (TPSA) is 78.9 Å². The molecule has 6 heteroatoms. The van der Waals surface area contributed by atoms with Crippen LogP contribution in [0.2, 0.25) is 0 Å². The molecule has 0 aliphatic heterocycles. The van der Waals surface area contributed by atoms with Gasteiger partial charge in [-0.05, 0) is 70.6 Å². The van der Waals surface area contributed by atoms with Crippen molar-refractivity contribution in [3.63, 3.8) is 0 Å². The Morgan fingerprint density at radius 2 is 0.726 bits per heavy atom. The van der Waals surface area contributed by atoms with E-state index < -0.39 is 12.1 Å². The molecule has 1 unspecified atom stereocenters. The van der Waals surface area contributed by atoms with Crippen LogP contribution in [0.4, 0.5) is 0 Å². The fourth-order valence-electron chi connectivity index (χ4n) is 6.82. The van der Waals surface area contributed by atoms with Crippen LogP contribution in [0.5, 0.6) is 0 Å². The summed E-state index contributed by atoms with van der Waals surface area (Å²) < 4.78 is 16.7. The minimum absolute atomic E-state index is 0.113. The molecule has 0 bridgehead atoms. The third kappa shape index (κ3) is 47.6. The zero-order valence-corrected chi connectivity index (χ0v) is 40.4. The van der Waals surface area contributed by atoms with Crippen molar-refractivity contribution in [1.29, 1.82) is 0 Å². The van der Waals surface area contributed by atoms with E-state index in [0.717, 1.165) is 83.5 Å². The van der Waals surface area contributed by atoms with Crippen LogP contribution >= 0.6 is 0 Å². The van der Waals surface area contributed by atoms with Gasteiger partial charge in [-0.15, -0.1) is 0 Å². The van der Waals surface area contributed by atoms with Crippen LogP contribution in [0.3, 0.4) is 0 Å². The largest absolute Gasteiger partial charge is 0.462 e. The predicted octanol–water partition coefficient (Wildman–Crippen LogP) is 16.8. The first-order valence-corrected chi connectivity index (χ1v) is 25.6. The van der Waals surface area contributed by atoms with Crippen LogP contribution in [0.15, 0.2) is 85.1 Å². The fraction of sp³-hybridized carbons (Fsp3) is 0.696. The van der Waals surface area contributed by atoms with Gasteiger partial charge in [0.2, 0.25) is 0 Å². The third-order valence-electron chi connectivity index (χ3n) is 10.7. The van der Waals surface area contributed by atoms with Crippen molar-refractivity contribution < 1.29 is 28.6 Å². The predicted molar refractivity (Wildman–Crippen MR) is 265 cm³/mol. The molecule has 1 atom stereocenters. The summed E-state index contributed by atoms with van der Waals surface area (Å²) in [6, 6.07) is 0. The SMILES string of the molecule is CC/C=C\C/C=C\C/C=C\C/C=C\C/C=C\CCC(=O)OC(COC(=O)CCCCC/C=C\C=C/CCCC)COC(=O)CCCCCCCCCCCCCCCCCCC. The lowest BCUT2D eigenvalue weighted by Crippen LogP contribution is -2.30. The molecule has 354 valence electrons. The Balaban J connectivity index is 4.48. The molecule has 62 heavy (non-hydrogen) atoms. The van der Waals surface area contributed by atoms with Crippen LogP contribution in [0.1, 0.15) is 233 Å². The summed E-state index contributed by atoms with van der Waals surface area (Å²) in [5, 5.41) is 0. The summed E-state index contributed by atoms with van der Waals surface area (Å²) in [5.74, 6) is -1.03. The van der Waals surface area contributed by atoms with Gasteiger partial charge in [0.1, 0.15) is 13.2 Å². The van der Waals surface area contributed by atoms with Crippen LogP contribution in [0.25, 0.3) is 0 Å². The molecular formula is C56H94O6. The minimum Gasteiger partial charge on any atom is -0.462 e. The maximum absolute atomic E-state index is 12.7. The van der Waals surface area contributed by atoms with E-state index in [1.807, 2.05) is 12.2 Å². The van der Waals surface area contributed by atoms with Gasteiger partial charge in [0.25, 0.3) is 0 Å². The molecule has 0 heterocycles. The Bertz CT molecular complexity index is 1220. The lowest BCUT2D eigenvalue weighted by atomic mass is 10.0. The maximum Gasteiger partial charge on any atom is 0.306 e. The zero-order valence-electron chi connectivity index (χ0n) is 40.4. The zero-order chi connectivity index (χ0) is 45.1. The minimum atomic E-state index is -0.824. The number of esters is 3. The van der Waals surface area contributed by atoms with Gasteiger partial charge in [-0.1, -0.05) is 228 Å². The van der Waals surface area contributed by atoms with E-state index in [9.17, 15) is 14.4 Å². The normalized spacial score (nSPS) is 12.8. The van der Waals surface area contributed by atoms with Crippen molar-refractivity contribution >= 4 is 17.9 Å². The highest BCUT2D eigenvalue weighted by atomic mass is 16.6. The second-order valence-corrected chi connectivity index (χ2v) is 16.7. The molecule has 0 aliphatic carbocycles. The average Bonchev–Trinajstić information content (AvgIpc) is 3.27. The fourth-order valence-corrected chi connectivity index (χ4v) is 6.82. The molecule has 0 aromatic heterocycles. The molecular weight excluding hydrogens is 769 g/mol. The highest BCUT2D eigenvalue weighted by Crippen LogP contribution is 2.15. The smallest absolute Gasteiger partial charge is 0.306 e. The number of carbonyl (C=O) groups excluding carboxylic acids is 3. The molecule has 0 radical (unpaired) electrons. The standard InChI is InChI=1S/C56H94O6/c1-4-7-10-13-16-19-22-24-26-28-30-31-34-37-40-43-46-49-55(58)61-52-53(51-60-54(57)48-45-42-39-36-33-21-18-15-12-9-6-3)62-56(59)50-47-44-41-38-35-32-29-27-25-23-20-17-14-11-8-5-2/h8,11,15,17-18,20-21,25,27,32-33,35,41,44,53H,4-7,9-10,12-14,16,19,22-24,26,28-31,34,36-40,42-43,45-52H2,1-3H3/b11-8-,18-15-,20-17-,27-25-,33-21-,35-32-,44-41-. The summed E-state index contributed by atoms with van der Waals surface area (Å²) in [6.45, 7) is 6.38. The molecule has 0 saturated heterocycles. The molecule has 0 fully saturated rings. The first-order chi connectivity index (χ1) is 30.5. The molecule has 0 amide bonds. The lowest BCUT2D eigenvalue weighted by Gasteiger charge is -2.18. The average molecular weight is 863 g/mol. The van der Waals surface area contributed by atoms with Crippen molar-refractivity contribution in [3.8, 4) is 0 Å². The van der Waals surface area contributed by atoms with Gasteiger partial charge < -0.3 is 14.2 Å². The Labute approximate surface area is 382 Å². The van der Waals surface area contributed by atoms with Crippen molar-refractivity contribution in [1.82, 2.24) is 0 Å². The Hall–Kier alpha value is -3.41. The Morgan fingerprint density at radius 3 is 1.16 bits per heavy atom. The Kier molecular flexibility index (Phi) is 47.5. The van der Waals surface area contributed by atoms with E-state index in [-0.39, 0.29) is 31.6 Å². The van der Waals surface area contributed by atoms with Crippen molar-refractivity contribution in [2.24, 2.45) is 0 Å². The van der Waals surface area contributed by atoms with Crippen molar-refractivity contribution in [2.75, 3.05) is 13.2 Å². The molecule has 0 rings (SSSR count). The summed E-state index contributed by atoms with van der Waals surface area (Å²) in [4.78, 5) is 37.9. The van der Waals surface area contributed by atoms with Gasteiger partial charge >= 0.3 is 17.9 Å². The molecule has 0 spiro atoms. The highest BCUT2D eigenvalue weighted by Gasteiger charge is 2.19. The summed E-state index contributed by atoms with van der Waals surface area (Å²) in [7, 11) is 0. The number of carbonyl (C=O) groups is 3. The van der Waals surface area contributed by atoms with Crippen LogP contribution < -0.4 is 0 Å². The van der Waals surface area contributed by atoms with Crippen LogP contribution in [-0.4, -0.2) is 37.2 Å². The first-order valence-electron chi connectivity index (χ1n) is 25.6. The van der Waals surface area contributed by atoms with Crippen molar-refractivity contribution in [2.45, 2.75) is 239 Å². The second kappa shape index (κ2) is 50.2. The summed E-state index contributed by atoms with van der Waals surface area (Å²) >= 11 is 0. The van der Waals surface area contributed by atoms with E-state index in [0.29, 0.717) is 19.3 Å². The number of allylic oxidation sites excluding steroid dienone is 14. The summed E-state index contributed by atoms with van der Waals surface area (Å²) in [5.41, 5.74) is 0. The summed E-state index contributed by atoms with van der Waals surface area (Å²) in [6.07, 6.45) is 64.4. The molecule has 0 saturated carbocycles. The number of hydrogen-bond donors (Lipinski definition) is 0. The Morgan fingerprint density at radius 1 is 0.355 bits per heavy atom.